The van der Waals surface area contributed by atoms with Crippen molar-refractivity contribution < 1.29 is 9.59 Å². The third-order valence-electron chi connectivity index (χ3n) is 7.09. The highest BCUT2D eigenvalue weighted by Crippen LogP contribution is 2.33. The number of rotatable bonds is 4. The monoisotopic (exact) mass is 427 g/mol. The number of anilines is 1. The minimum absolute atomic E-state index is 0.0205. The van der Waals surface area contributed by atoms with Crippen LogP contribution in [-0.2, 0) is 11.3 Å². The number of aromatic nitrogens is 1. The molecule has 164 valence electrons. The second-order valence-corrected chi connectivity index (χ2v) is 8.86. The van der Waals surface area contributed by atoms with Crippen LogP contribution in [0.2, 0.25) is 0 Å². The number of benzene rings is 2. The van der Waals surface area contributed by atoms with Gasteiger partial charge in [0.2, 0.25) is 11.7 Å². The van der Waals surface area contributed by atoms with E-state index in [4.69, 9.17) is 0 Å². The molecule has 1 amide bonds. The highest BCUT2D eigenvalue weighted by Gasteiger charge is 2.35. The number of carbonyl (C=O) groups excluding carboxylic acids is 2. The second kappa shape index (κ2) is 8.30. The summed E-state index contributed by atoms with van der Waals surface area (Å²) in [6, 6.07) is 19.6. The van der Waals surface area contributed by atoms with Crippen LogP contribution in [0.15, 0.2) is 60.7 Å². The fourth-order valence-electron chi connectivity index (χ4n) is 5.10. The second-order valence-electron chi connectivity index (χ2n) is 8.86. The molecule has 5 nitrogen and oxygen atoms in total. The molecule has 5 rings (SSSR count). The Morgan fingerprint density at radius 1 is 0.812 bits per heavy atom. The van der Waals surface area contributed by atoms with Gasteiger partial charge in [0.05, 0.1) is 11.6 Å². The molecule has 2 aliphatic heterocycles. The van der Waals surface area contributed by atoms with E-state index in [2.05, 4.69) is 36.9 Å². The van der Waals surface area contributed by atoms with Crippen molar-refractivity contribution in [1.29, 1.82) is 0 Å². The third kappa shape index (κ3) is 3.52. The zero-order valence-corrected chi connectivity index (χ0v) is 18.8. The maximum Gasteiger partial charge on any atom is 0.231 e. The molecule has 3 aromatic rings. The van der Waals surface area contributed by atoms with Gasteiger partial charge < -0.3 is 14.4 Å². The van der Waals surface area contributed by atoms with Gasteiger partial charge in [-0.05, 0) is 49.6 Å². The van der Waals surface area contributed by atoms with Crippen LogP contribution in [0.25, 0.3) is 0 Å². The van der Waals surface area contributed by atoms with Gasteiger partial charge in [-0.15, -0.1) is 0 Å². The van der Waals surface area contributed by atoms with E-state index in [0.29, 0.717) is 11.3 Å². The SMILES string of the molecule is Cc1cccc(N2CCN(C(=O)[C@@H]3CCn4c(C(=O)c5ccccc5)ccc43)CC2)c1C. The van der Waals surface area contributed by atoms with Gasteiger partial charge in [-0.25, -0.2) is 0 Å². The van der Waals surface area contributed by atoms with E-state index in [-0.39, 0.29) is 17.6 Å². The van der Waals surface area contributed by atoms with Gasteiger partial charge in [-0.2, -0.15) is 0 Å². The molecule has 2 aromatic carbocycles. The summed E-state index contributed by atoms with van der Waals surface area (Å²) in [6.45, 7) is 8.20. The standard InChI is InChI=1S/C27H29N3O2/c1-19-7-6-10-23(20(19)2)28-15-17-29(18-16-28)27(32)22-13-14-30-24(22)11-12-25(30)26(31)21-8-4-3-5-9-21/h3-12,22H,13-18H2,1-2H3/t22-/m1/s1. The first kappa shape index (κ1) is 20.6. The van der Waals surface area contributed by atoms with Crippen LogP contribution in [0.3, 0.4) is 0 Å². The fraction of sp³-hybridized carbons (Fsp3) is 0.333. The molecule has 5 heteroatoms. The van der Waals surface area contributed by atoms with Gasteiger partial charge >= 0.3 is 0 Å². The summed E-state index contributed by atoms with van der Waals surface area (Å²) in [6.07, 6.45) is 0.765. The lowest BCUT2D eigenvalue weighted by Gasteiger charge is -2.38. The molecule has 0 spiro atoms. The number of aryl methyl sites for hydroxylation is 1. The Morgan fingerprint density at radius 2 is 1.56 bits per heavy atom. The van der Waals surface area contributed by atoms with Crippen LogP contribution in [0, 0.1) is 13.8 Å². The van der Waals surface area contributed by atoms with E-state index in [0.717, 1.165) is 44.8 Å². The first-order valence-electron chi connectivity index (χ1n) is 11.4. The fourth-order valence-corrected chi connectivity index (χ4v) is 5.10. The van der Waals surface area contributed by atoms with E-state index in [9.17, 15) is 9.59 Å². The molecule has 3 heterocycles. The van der Waals surface area contributed by atoms with E-state index >= 15 is 0 Å². The minimum Gasteiger partial charge on any atom is -0.368 e. The van der Waals surface area contributed by atoms with Gasteiger partial charge in [-0.1, -0.05) is 42.5 Å². The third-order valence-corrected chi connectivity index (χ3v) is 7.09. The highest BCUT2D eigenvalue weighted by molar-refractivity contribution is 6.08. The predicted molar refractivity (Wildman–Crippen MR) is 126 cm³/mol. The number of ketones is 1. The molecule has 0 saturated carbocycles. The summed E-state index contributed by atoms with van der Waals surface area (Å²) in [5.74, 6) is 0.0628. The average Bonchev–Trinajstić information content (AvgIpc) is 3.43. The Morgan fingerprint density at radius 3 is 2.31 bits per heavy atom. The summed E-state index contributed by atoms with van der Waals surface area (Å²) in [5.41, 5.74) is 6.24. The van der Waals surface area contributed by atoms with Gasteiger partial charge in [0.15, 0.2) is 0 Å². The zero-order valence-electron chi connectivity index (χ0n) is 18.8. The van der Waals surface area contributed by atoms with Gasteiger partial charge in [0, 0.05) is 49.7 Å². The van der Waals surface area contributed by atoms with Crippen LogP contribution in [0.5, 0.6) is 0 Å². The molecular weight excluding hydrogens is 398 g/mol. The van der Waals surface area contributed by atoms with Crippen molar-refractivity contribution in [2.45, 2.75) is 32.7 Å². The summed E-state index contributed by atoms with van der Waals surface area (Å²) >= 11 is 0. The van der Waals surface area contributed by atoms with Crippen molar-refractivity contribution in [3.8, 4) is 0 Å². The van der Waals surface area contributed by atoms with Crippen LogP contribution < -0.4 is 4.90 Å². The molecule has 1 aromatic heterocycles. The van der Waals surface area contributed by atoms with Crippen LogP contribution in [0.1, 0.15) is 45.2 Å². The molecule has 32 heavy (non-hydrogen) atoms. The van der Waals surface area contributed by atoms with Gasteiger partial charge in [0.1, 0.15) is 0 Å². The van der Waals surface area contributed by atoms with E-state index in [1.54, 1.807) is 0 Å². The number of fused-ring (bicyclic) bond motifs is 1. The normalized spacial score (nSPS) is 18.0. The number of piperazine rings is 1. The average molecular weight is 428 g/mol. The number of hydrogen-bond donors (Lipinski definition) is 0. The Kier molecular flexibility index (Phi) is 5.33. The highest BCUT2D eigenvalue weighted by atomic mass is 16.2. The topological polar surface area (TPSA) is 45.5 Å². The van der Waals surface area contributed by atoms with E-state index < -0.39 is 0 Å². The number of hydrogen-bond acceptors (Lipinski definition) is 3. The largest absolute Gasteiger partial charge is 0.368 e. The van der Waals surface area contributed by atoms with E-state index in [1.807, 2.05) is 51.9 Å². The van der Waals surface area contributed by atoms with Gasteiger partial charge in [0.25, 0.3) is 0 Å². The molecule has 1 fully saturated rings. The molecule has 0 radical (unpaired) electrons. The van der Waals surface area contributed by atoms with Crippen LogP contribution in [0.4, 0.5) is 5.69 Å². The predicted octanol–water partition coefficient (Wildman–Crippen LogP) is 4.17. The maximum absolute atomic E-state index is 13.4. The molecule has 1 atom stereocenters. The lowest BCUT2D eigenvalue weighted by atomic mass is 10.0. The molecule has 2 aliphatic rings. The summed E-state index contributed by atoms with van der Waals surface area (Å²) < 4.78 is 2.05. The van der Waals surface area contributed by atoms with Crippen LogP contribution in [-0.4, -0.2) is 47.3 Å². The number of carbonyl (C=O) groups is 2. The first-order chi connectivity index (χ1) is 15.5. The van der Waals surface area contributed by atoms with Crippen molar-refractivity contribution in [3.63, 3.8) is 0 Å². The van der Waals surface area contributed by atoms with Crippen molar-refractivity contribution in [2.24, 2.45) is 0 Å². The van der Waals surface area contributed by atoms with Crippen molar-refractivity contribution in [2.75, 3.05) is 31.1 Å². The zero-order chi connectivity index (χ0) is 22.2. The molecule has 0 unspecified atom stereocenters. The van der Waals surface area contributed by atoms with Gasteiger partial charge in [-0.3, -0.25) is 9.59 Å². The Balaban J connectivity index is 1.28. The maximum atomic E-state index is 13.4. The molecular formula is C27H29N3O2. The quantitative estimate of drug-likeness (QED) is 0.587. The summed E-state index contributed by atoms with van der Waals surface area (Å²) in [4.78, 5) is 30.7. The lowest BCUT2D eigenvalue weighted by Crippen LogP contribution is -2.50. The van der Waals surface area contributed by atoms with Crippen LogP contribution >= 0.6 is 0 Å². The Hall–Kier alpha value is -3.34. The van der Waals surface area contributed by atoms with Crippen molar-refractivity contribution in [1.82, 2.24) is 9.47 Å². The Labute approximate surface area is 189 Å². The number of amides is 1. The van der Waals surface area contributed by atoms with E-state index in [1.165, 1.54) is 16.8 Å². The molecule has 0 N–H and O–H groups in total. The molecule has 0 aliphatic carbocycles. The molecule has 1 saturated heterocycles. The summed E-state index contributed by atoms with van der Waals surface area (Å²) in [7, 11) is 0. The van der Waals surface area contributed by atoms with Crippen molar-refractivity contribution >= 4 is 17.4 Å². The first-order valence-corrected chi connectivity index (χ1v) is 11.4. The smallest absolute Gasteiger partial charge is 0.231 e. The minimum atomic E-state index is -0.153. The number of nitrogens with zero attached hydrogens (tertiary/aromatic N) is 3. The lowest BCUT2D eigenvalue weighted by molar-refractivity contribution is -0.133. The van der Waals surface area contributed by atoms with Crippen molar-refractivity contribution in [3.05, 3.63) is 88.7 Å². The summed E-state index contributed by atoms with van der Waals surface area (Å²) in [5, 5.41) is 0. The molecule has 0 bridgehead atoms. The Bertz CT molecular complexity index is 1160.